The highest BCUT2D eigenvalue weighted by Crippen LogP contribution is 2.26. The highest BCUT2D eigenvalue weighted by molar-refractivity contribution is 7.89. The lowest BCUT2D eigenvalue weighted by molar-refractivity contribution is -0.140. The monoisotopic (exact) mass is 263 g/mol. The van der Waals surface area contributed by atoms with Gasteiger partial charge in [0, 0.05) is 20.0 Å². The maximum atomic E-state index is 12.1. The first kappa shape index (κ1) is 14.4. The number of carbonyl (C=O) groups is 1. The van der Waals surface area contributed by atoms with Crippen molar-refractivity contribution < 1.29 is 17.9 Å². The van der Waals surface area contributed by atoms with Crippen LogP contribution in [0.15, 0.2) is 0 Å². The summed E-state index contributed by atoms with van der Waals surface area (Å²) in [6.45, 7) is 0.383. The molecular weight excluding hydrogens is 242 g/mol. The molecule has 5 nitrogen and oxygen atoms in total. The molecule has 6 heteroatoms. The first-order chi connectivity index (χ1) is 7.98. The minimum atomic E-state index is -3.16. The van der Waals surface area contributed by atoms with Gasteiger partial charge in [-0.3, -0.25) is 4.79 Å². The van der Waals surface area contributed by atoms with Gasteiger partial charge in [-0.1, -0.05) is 12.8 Å². The largest absolute Gasteiger partial charge is 0.469 e. The van der Waals surface area contributed by atoms with Crippen molar-refractivity contribution in [2.75, 3.05) is 20.7 Å². The van der Waals surface area contributed by atoms with E-state index >= 15 is 0 Å². The van der Waals surface area contributed by atoms with Crippen molar-refractivity contribution in [2.24, 2.45) is 0 Å². The number of sulfonamides is 1. The van der Waals surface area contributed by atoms with E-state index in [0.29, 0.717) is 13.0 Å². The van der Waals surface area contributed by atoms with Gasteiger partial charge in [0.25, 0.3) is 0 Å². The number of rotatable bonds is 6. The summed E-state index contributed by atoms with van der Waals surface area (Å²) in [6, 6.07) is 0. The lowest BCUT2D eigenvalue weighted by Gasteiger charge is -2.21. The second-order valence-electron chi connectivity index (χ2n) is 4.45. The van der Waals surface area contributed by atoms with E-state index in [2.05, 4.69) is 4.74 Å². The van der Waals surface area contributed by atoms with Crippen molar-refractivity contribution in [1.29, 1.82) is 0 Å². The number of hydrogen-bond donors (Lipinski definition) is 0. The summed E-state index contributed by atoms with van der Waals surface area (Å²) in [6.07, 6.45) is 4.31. The van der Waals surface area contributed by atoms with Crippen LogP contribution in [-0.4, -0.2) is 44.6 Å². The van der Waals surface area contributed by atoms with Crippen molar-refractivity contribution in [1.82, 2.24) is 4.31 Å². The van der Waals surface area contributed by atoms with Crippen LogP contribution >= 0.6 is 0 Å². The zero-order valence-electron chi connectivity index (χ0n) is 10.5. The van der Waals surface area contributed by atoms with Crippen molar-refractivity contribution >= 4 is 16.0 Å². The third kappa shape index (κ3) is 3.96. The van der Waals surface area contributed by atoms with E-state index in [-0.39, 0.29) is 17.6 Å². The van der Waals surface area contributed by atoms with Gasteiger partial charge in [-0.2, -0.15) is 0 Å². The summed E-state index contributed by atoms with van der Waals surface area (Å²) in [5, 5.41) is -0.217. The van der Waals surface area contributed by atoms with Gasteiger partial charge < -0.3 is 4.74 Å². The highest BCUT2D eigenvalue weighted by atomic mass is 32.2. The fourth-order valence-corrected chi connectivity index (χ4v) is 3.94. The molecule has 0 heterocycles. The molecule has 17 heavy (non-hydrogen) atoms. The zero-order chi connectivity index (χ0) is 12.9. The molecule has 0 radical (unpaired) electrons. The molecule has 1 rings (SSSR count). The van der Waals surface area contributed by atoms with E-state index in [1.165, 1.54) is 11.4 Å². The molecule has 1 aliphatic carbocycles. The molecule has 0 atom stereocenters. The summed E-state index contributed by atoms with van der Waals surface area (Å²) in [5.74, 6) is -0.295. The first-order valence-electron chi connectivity index (χ1n) is 6.00. The molecule has 0 saturated heterocycles. The maximum Gasteiger partial charge on any atom is 0.305 e. The van der Waals surface area contributed by atoms with E-state index in [4.69, 9.17) is 0 Å². The molecule has 1 fully saturated rings. The molecule has 0 aromatic carbocycles. The number of esters is 1. The molecule has 0 spiro atoms. The smallest absolute Gasteiger partial charge is 0.305 e. The van der Waals surface area contributed by atoms with Crippen LogP contribution in [-0.2, 0) is 19.6 Å². The molecule has 0 N–H and O–H groups in total. The topological polar surface area (TPSA) is 63.7 Å². The van der Waals surface area contributed by atoms with Gasteiger partial charge in [-0.15, -0.1) is 0 Å². The molecule has 0 aromatic heterocycles. The maximum absolute atomic E-state index is 12.1. The molecule has 0 bridgehead atoms. The molecule has 1 saturated carbocycles. The average Bonchev–Trinajstić information content (AvgIpc) is 2.82. The van der Waals surface area contributed by atoms with Gasteiger partial charge >= 0.3 is 5.97 Å². The van der Waals surface area contributed by atoms with E-state index in [9.17, 15) is 13.2 Å². The molecule has 1 aliphatic rings. The Morgan fingerprint density at radius 3 is 2.47 bits per heavy atom. The lowest BCUT2D eigenvalue weighted by atomic mass is 10.3. The lowest BCUT2D eigenvalue weighted by Crippen LogP contribution is -2.35. The van der Waals surface area contributed by atoms with Crippen LogP contribution in [0, 0.1) is 0 Å². The minimum absolute atomic E-state index is 0.217. The number of carbonyl (C=O) groups excluding carboxylic acids is 1. The second kappa shape index (κ2) is 6.35. The van der Waals surface area contributed by atoms with Crippen LogP contribution < -0.4 is 0 Å². The van der Waals surface area contributed by atoms with Gasteiger partial charge in [-0.25, -0.2) is 12.7 Å². The number of methoxy groups -OCH3 is 1. The molecular formula is C11H21NO4S. The first-order valence-corrected chi connectivity index (χ1v) is 7.50. The number of hydrogen-bond acceptors (Lipinski definition) is 4. The van der Waals surface area contributed by atoms with Gasteiger partial charge in [-0.05, 0) is 19.3 Å². The van der Waals surface area contributed by atoms with Crippen LogP contribution in [0.25, 0.3) is 0 Å². The fraction of sp³-hybridized carbons (Fsp3) is 0.909. The minimum Gasteiger partial charge on any atom is -0.469 e. The molecule has 0 amide bonds. The third-order valence-corrected chi connectivity index (χ3v) is 5.60. The Balaban J connectivity index is 2.40. The van der Waals surface area contributed by atoms with Crippen LogP contribution in [0.1, 0.15) is 38.5 Å². The van der Waals surface area contributed by atoms with E-state index in [0.717, 1.165) is 25.7 Å². The number of nitrogens with zero attached hydrogens (tertiary/aromatic N) is 1. The Hall–Kier alpha value is -0.620. The Bertz CT molecular complexity index is 346. The zero-order valence-corrected chi connectivity index (χ0v) is 11.3. The van der Waals surface area contributed by atoms with Crippen LogP contribution in [0.2, 0.25) is 0 Å². The van der Waals surface area contributed by atoms with Gasteiger partial charge in [0.15, 0.2) is 0 Å². The summed E-state index contributed by atoms with van der Waals surface area (Å²) >= 11 is 0. The summed E-state index contributed by atoms with van der Waals surface area (Å²) < 4.78 is 30.1. The second-order valence-corrected chi connectivity index (χ2v) is 6.77. The summed E-state index contributed by atoms with van der Waals surface area (Å²) in [5.41, 5.74) is 0. The Morgan fingerprint density at radius 2 is 1.94 bits per heavy atom. The van der Waals surface area contributed by atoms with Crippen molar-refractivity contribution in [3.05, 3.63) is 0 Å². The molecule has 0 aliphatic heterocycles. The van der Waals surface area contributed by atoms with Crippen LogP contribution in [0.4, 0.5) is 0 Å². The predicted molar refractivity (Wildman–Crippen MR) is 65.1 cm³/mol. The standard InChI is InChI=1S/C11H21NO4S/c1-12(9-5-8-11(13)16-2)17(14,15)10-6-3-4-7-10/h10H,3-9H2,1-2H3. The van der Waals surface area contributed by atoms with Crippen molar-refractivity contribution in [3.63, 3.8) is 0 Å². The van der Waals surface area contributed by atoms with Crippen molar-refractivity contribution in [2.45, 2.75) is 43.8 Å². The normalized spacial score (nSPS) is 17.6. The van der Waals surface area contributed by atoms with Gasteiger partial charge in [0.1, 0.15) is 0 Å². The number of ether oxygens (including phenoxy) is 1. The molecule has 0 unspecified atom stereocenters. The SMILES string of the molecule is COC(=O)CCCN(C)S(=O)(=O)C1CCCC1. The van der Waals surface area contributed by atoms with E-state index < -0.39 is 10.0 Å². The third-order valence-electron chi connectivity index (χ3n) is 3.24. The summed E-state index contributed by atoms with van der Waals surface area (Å²) in [7, 11) is -0.239. The fourth-order valence-electron chi connectivity index (χ4n) is 2.12. The van der Waals surface area contributed by atoms with Crippen LogP contribution in [0.3, 0.4) is 0 Å². The Morgan fingerprint density at radius 1 is 1.35 bits per heavy atom. The molecule has 0 aromatic rings. The predicted octanol–water partition coefficient (Wildman–Crippen LogP) is 1.14. The summed E-state index contributed by atoms with van der Waals surface area (Å²) in [4.78, 5) is 10.9. The Labute approximate surface area is 103 Å². The quantitative estimate of drug-likeness (QED) is 0.674. The van der Waals surface area contributed by atoms with E-state index in [1.807, 2.05) is 0 Å². The van der Waals surface area contributed by atoms with Crippen molar-refractivity contribution in [3.8, 4) is 0 Å². The highest BCUT2D eigenvalue weighted by Gasteiger charge is 2.31. The van der Waals surface area contributed by atoms with Crippen LogP contribution in [0.5, 0.6) is 0 Å². The van der Waals surface area contributed by atoms with E-state index in [1.54, 1.807) is 7.05 Å². The van der Waals surface area contributed by atoms with Gasteiger partial charge in [0.05, 0.1) is 12.4 Å². The Kier molecular flexibility index (Phi) is 5.39. The average molecular weight is 263 g/mol. The molecule has 100 valence electrons. The van der Waals surface area contributed by atoms with Gasteiger partial charge in [0.2, 0.25) is 10.0 Å².